The third kappa shape index (κ3) is 2.96. The normalized spacial score (nSPS) is 30.7. The Morgan fingerprint density at radius 3 is 2.23 bits per heavy atom. The predicted octanol–water partition coefficient (Wildman–Crippen LogP) is 1.86. The Bertz CT molecular complexity index is 154. The second kappa shape index (κ2) is 4.43. The van der Waals surface area contributed by atoms with Crippen LogP contribution >= 0.6 is 0 Å². The standard InChI is InChI=1S/C11H24N2/c1-8(2)12-11-6-10(5)13(7-11)9(3)4/h8-12H,6-7H2,1-5H3/t10-,11+/m0/s1. The summed E-state index contributed by atoms with van der Waals surface area (Å²) >= 11 is 0. The Hall–Kier alpha value is -0.0800. The van der Waals surface area contributed by atoms with E-state index >= 15 is 0 Å². The molecule has 78 valence electrons. The monoisotopic (exact) mass is 184 g/mol. The Morgan fingerprint density at radius 1 is 1.23 bits per heavy atom. The predicted molar refractivity (Wildman–Crippen MR) is 58.0 cm³/mol. The minimum Gasteiger partial charge on any atom is -0.310 e. The highest BCUT2D eigenvalue weighted by molar-refractivity contribution is 4.89. The van der Waals surface area contributed by atoms with E-state index in [4.69, 9.17) is 0 Å². The number of likely N-dealkylation sites (tertiary alicyclic amines) is 1. The zero-order valence-electron chi connectivity index (χ0n) is 9.67. The van der Waals surface area contributed by atoms with Crippen molar-refractivity contribution in [1.82, 2.24) is 10.2 Å². The Balaban J connectivity index is 2.40. The fourth-order valence-electron chi connectivity index (χ4n) is 2.37. The molecule has 0 aromatic carbocycles. The molecule has 1 aliphatic heterocycles. The van der Waals surface area contributed by atoms with Gasteiger partial charge in [0, 0.05) is 30.7 Å². The van der Waals surface area contributed by atoms with E-state index in [0.717, 1.165) is 6.04 Å². The summed E-state index contributed by atoms with van der Waals surface area (Å²) in [7, 11) is 0. The lowest BCUT2D eigenvalue weighted by Crippen LogP contribution is -2.39. The van der Waals surface area contributed by atoms with Gasteiger partial charge in [-0.05, 0) is 27.2 Å². The van der Waals surface area contributed by atoms with Gasteiger partial charge in [0.15, 0.2) is 0 Å². The van der Waals surface area contributed by atoms with Crippen LogP contribution in [0.15, 0.2) is 0 Å². The smallest absolute Gasteiger partial charge is 0.0212 e. The van der Waals surface area contributed by atoms with Crippen LogP contribution in [0.3, 0.4) is 0 Å². The Morgan fingerprint density at radius 2 is 1.85 bits per heavy atom. The van der Waals surface area contributed by atoms with Gasteiger partial charge in [0.1, 0.15) is 0 Å². The summed E-state index contributed by atoms with van der Waals surface area (Å²) in [5.74, 6) is 0. The van der Waals surface area contributed by atoms with Crippen molar-refractivity contribution in [1.29, 1.82) is 0 Å². The van der Waals surface area contributed by atoms with Crippen molar-refractivity contribution in [3.05, 3.63) is 0 Å². The quantitative estimate of drug-likeness (QED) is 0.720. The molecule has 0 aromatic rings. The first-order valence-corrected chi connectivity index (χ1v) is 5.52. The maximum absolute atomic E-state index is 3.62. The van der Waals surface area contributed by atoms with Crippen LogP contribution in [-0.4, -0.2) is 35.6 Å². The summed E-state index contributed by atoms with van der Waals surface area (Å²) in [5.41, 5.74) is 0. The number of nitrogens with zero attached hydrogens (tertiary/aromatic N) is 1. The van der Waals surface area contributed by atoms with E-state index in [9.17, 15) is 0 Å². The van der Waals surface area contributed by atoms with Crippen molar-refractivity contribution in [3.8, 4) is 0 Å². The zero-order chi connectivity index (χ0) is 10.0. The van der Waals surface area contributed by atoms with Gasteiger partial charge in [-0.15, -0.1) is 0 Å². The molecule has 1 heterocycles. The molecule has 0 aliphatic carbocycles. The lowest BCUT2D eigenvalue weighted by Gasteiger charge is -2.25. The molecule has 0 bridgehead atoms. The lowest BCUT2D eigenvalue weighted by molar-refractivity contribution is 0.213. The molecule has 0 aromatic heterocycles. The van der Waals surface area contributed by atoms with Gasteiger partial charge in [0.2, 0.25) is 0 Å². The molecule has 0 spiro atoms. The SMILES string of the molecule is CC(C)N[C@@H]1C[C@H](C)N(C(C)C)C1. The van der Waals surface area contributed by atoms with Crippen LogP contribution < -0.4 is 5.32 Å². The van der Waals surface area contributed by atoms with E-state index in [1.54, 1.807) is 0 Å². The number of nitrogens with one attached hydrogen (secondary N) is 1. The van der Waals surface area contributed by atoms with Gasteiger partial charge in [0.05, 0.1) is 0 Å². The van der Waals surface area contributed by atoms with Gasteiger partial charge >= 0.3 is 0 Å². The number of rotatable bonds is 3. The molecule has 1 N–H and O–H groups in total. The minimum atomic E-state index is 0.615. The summed E-state index contributed by atoms with van der Waals surface area (Å²) in [6, 6.07) is 2.76. The molecule has 1 fully saturated rings. The summed E-state index contributed by atoms with van der Waals surface area (Å²) < 4.78 is 0. The van der Waals surface area contributed by atoms with Gasteiger partial charge in [0.25, 0.3) is 0 Å². The molecule has 2 heteroatoms. The highest BCUT2D eigenvalue weighted by Crippen LogP contribution is 2.20. The average Bonchev–Trinajstić information content (AvgIpc) is 2.29. The van der Waals surface area contributed by atoms with Gasteiger partial charge in [-0.3, -0.25) is 4.90 Å². The summed E-state index contributed by atoms with van der Waals surface area (Å²) in [5, 5.41) is 3.62. The maximum Gasteiger partial charge on any atom is 0.0212 e. The van der Waals surface area contributed by atoms with Crippen molar-refractivity contribution in [3.63, 3.8) is 0 Å². The molecule has 1 saturated heterocycles. The molecule has 2 atom stereocenters. The van der Waals surface area contributed by atoms with Gasteiger partial charge in [-0.2, -0.15) is 0 Å². The summed E-state index contributed by atoms with van der Waals surface area (Å²) in [6.45, 7) is 12.6. The van der Waals surface area contributed by atoms with Crippen LogP contribution in [0.4, 0.5) is 0 Å². The number of hydrogen-bond donors (Lipinski definition) is 1. The van der Waals surface area contributed by atoms with Crippen LogP contribution in [0.2, 0.25) is 0 Å². The Labute approximate surface area is 82.7 Å². The van der Waals surface area contributed by atoms with Crippen LogP contribution in [0.5, 0.6) is 0 Å². The van der Waals surface area contributed by atoms with Crippen LogP contribution in [0.25, 0.3) is 0 Å². The molecular formula is C11H24N2. The first kappa shape index (κ1) is 11.0. The molecule has 1 aliphatic rings. The maximum atomic E-state index is 3.62. The van der Waals surface area contributed by atoms with E-state index in [0.29, 0.717) is 18.1 Å². The van der Waals surface area contributed by atoms with E-state index in [1.807, 2.05) is 0 Å². The van der Waals surface area contributed by atoms with Crippen molar-refractivity contribution in [2.24, 2.45) is 0 Å². The first-order chi connectivity index (χ1) is 6.00. The molecule has 2 nitrogen and oxygen atoms in total. The largest absolute Gasteiger partial charge is 0.310 e. The lowest BCUT2D eigenvalue weighted by atomic mass is 10.2. The molecule has 0 unspecified atom stereocenters. The fraction of sp³-hybridized carbons (Fsp3) is 1.00. The van der Waals surface area contributed by atoms with Crippen LogP contribution in [-0.2, 0) is 0 Å². The van der Waals surface area contributed by atoms with Crippen molar-refractivity contribution < 1.29 is 0 Å². The summed E-state index contributed by atoms with van der Waals surface area (Å²) in [4.78, 5) is 2.58. The van der Waals surface area contributed by atoms with Crippen molar-refractivity contribution in [2.45, 2.75) is 65.2 Å². The van der Waals surface area contributed by atoms with Gasteiger partial charge in [-0.25, -0.2) is 0 Å². The summed E-state index contributed by atoms with van der Waals surface area (Å²) in [6.07, 6.45) is 1.30. The fourth-order valence-corrected chi connectivity index (χ4v) is 2.37. The van der Waals surface area contributed by atoms with Crippen LogP contribution in [0, 0.1) is 0 Å². The topological polar surface area (TPSA) is 15.3 Å². The minimum absolute atomic E-state index is 0.615. The third-order valence-corrected chi connectivity index (χ3v) is 2.86. The molecule has 0 amide bonds. The number of hydrogen-bond acceptors (Lipinski definition) is 2. The van der Waals surface area contributed by atoms with Gasteiger partial charge in [-0.1, -0.05) is 13.8 Å². The second-order valence-corrected chi connectivity index (χ2v) is 4.89. The third-order valence-electron chi connectivity index (χ3n) is 2.86. The van der Waals surface area contributed by atoms with Crippen molar-refractivity contribution in [2.75, 3.05) is 6.54 Å². The van der Waals surface area contributed by atoms with E-state index in [-0.39, 0.29) is 0 Å². The first-order valence-electron chi connectivity index (χ1n) is 5.52. The molecule has 0 radical (unpaired) electrons. The second-order valence-electron chi connectivity index (χ2n) is 4.89. The molecule has 0 saturated carbocycles. The van der Waals surface area contributed by atoms with Crippen molar-refractivity contribution >= 4 is 0 Å². The molecule has 13 heavy (non-hydrogen) atoms. The zero-order valence-corrected chi connectivity index (χ0v) is 9.67. The van der Waals surface area contributed by atoms with E-state index < -0.39 is 0 Å². The Kier molecular flexibility index (Phi) is 3.74. The van der Waals surface area contributed by atoms with Gasteiger partial charge < -0.3 is 5.32 Å². The average molecular weight is 184 g/mol. The van der Waals surface area contributed by atoms with E-state index in [2.05, 4.69) is 44.8 Å². The highest BCUT2D eigenvalue weighted by atomic mass is 15.2. The highest BCUT2D eigenvalue weighted by Gasteiger charge is 2.30. The van der Waals surface area contributed by atoms with Crippen LogP contribution in [0.1, 0.15) is 41.0 Å². The van der Waals surface area contributed by atoms with E-state index in [1.165, 1.54) is 13.0 Å². The molecule has 1 rings (SSSR count). The molecular weight excluding hydrogens is 160 g/mol.